The number of nitrogens with zero attached hydrogens (tertiary/aromatic N) is 4. The van der Waals surface area contributed by atoms with Crippen LogP contribution < -0.4 is 16.3 Å². The van der Waals surface area contributed by atoms with Gasteiger partial charge in [0.1, 0.15) is 5.82 Å². The number of hydrogen-bond acceptors (Lipinski definition) is 6. The van der Waals surface area contributed by atoms with E-state index in [2.05, 4.69) is 15.1 Å². The first-order valence-electron chi connectivity index (χ1n) is 6.25. The van der Waals surface area contributed by atoms with Gasteiger partial charge in [0.2, 0.25) is 0 Å². The highest BCUT2D eigenvalue weighted by atomic mass is 16.3. The summed E-state index contributed by atoms with van der Waals surface area (Å²) in [7, 11) is 1.37. The van der Waals surface area contributed by atoms with Crippen molar-refractivity contribution in [1.82, 2.24) is 14.5 Å². The van der Waals surface area contributed by atoms with Crippen molar-refractivity contribution in [1.29, 1.82) is 0 Å². The molecule has 0 bridgehead atoms. The molecule has 0 saturated carbocycles. The van der Waals surface area contributed by atoms with Crippen molar-refractivity contribution in [3.63, 3.8) is 0 Å². The van der Waals surface area contributed by atoms with Crippen LogP contribution in [-0.4, -0.2) is 39.0 Å². The van der Waals surface area contributed by atoms with Crippen molar-refractivity contribution >= 4 is 12.0 Å². The number of aromatic nitrogens is 3. The van der Waals surface area contributed by atoms with E-state index in [1.807, 2.05) is 6.07 Å². The molecule has 0 aliphatic heterocycles. The van der Waals surface area contributed by atoms with Gasteiger partial charge in [-0.15, -0.1) is 0 Å². The van der Waals surface area contributed by atoms with Gasteiger partial charge >= 0.3 is 5.69 Å². The molecule has 0 aliphatic rings. The van der Waals surface area contributed by atoms with E-state index < -0.39 is 11.2 Å². The van der Waals surface area contributed by atoms with Crippen LogP contribution in [0.1, 0.15) is 5.69 Å². The summed E-state index contributed by atoms with van der Waals surface area (Å²) >= 11 is 0. The van der Waals surface area contributed by atoms with Crippen molar-refractivity contribution in [2.45, 2.75) is 0 Å². The van der Waals surface area contributed by atoms with Gasteiger partial charge in [-0.25, -0.2) is 9.80 Å². The van der Waals surface area contributed by atoms with Crippen LogP contribution >= 0.6 is 0 Å². The smallest absolute Gasteiger partial charge is 0.329 e. The Bertz CT molecular complexity index is 704. The standard InChI is InChI=1S/C13H15N5O3/c1-17-12(20)8-11(16-13(17)21)18(6-7-19)15-9-10-4-2-3-5-14-10/h2-5,8-9,19H,6-7H2,1H3,(H,16,21). The Labute approximate surface area is 120 Å². The van der Waals surface area contributed by atoms with E-state index in [0.717, 1.165) is 4.57 Å². The fourth-order valence-electron chi connectivity index (χ4n) is 1.60. The number of nitrogens with one attached hydrogen (secondary N) is 1. The molecule has 0 fully saturated rings. The molecule has 2 aromatic rings. The van der Waals surface area contributed by atoms with Gasteiger partial charge < -0.3 is 5.11 Å². The summed E-state index contributed by atoms with van der Waals surface area (Å²) in [5, 5.41) is 14.5. The second-order valence-corrected chi connectivity index (χ2v) is 4.20. The van der Waals surface area contributed by atoms with E-state index in [-0.39, 0.29) is 19.0 Å². The molecule has 8 heteroatoms. The molecular weight excluding hydrogens is 274 g/mol. The number of anilines is 1. The predicted octanol–water partition coefficient (Wildman–Crippen LogP) is -0.699. The fraction of sp³-hybridized carbons (Fsp3) is 0.231. The maximum Gasteiger partial charge on any atom is 0.329 e. The number of aliphatic hydroxyl groups excluding tert-OH is 1. The number of pyridine rings is 1. The highest BCUT2D eigenvalue weighted by molar-refractivity contribution is 5.77. The summed E-state index contributed by atoms with van der Waals surface area (Å²) in [6, 6.07) is 6.59. The molecule has 8 nitrogen and oxygen atoms in total. The molecule has 0 aromatic carbocycles. The molecule has 110 valence electrons. The molecule has 2 rings (SSSR count). The molecule has 2 aromatic heterocycles. The van der Waals surface area contributed by atoms with Gasteiger partial charge in [0.05, 0.1) is 25.1 Å². The van der Waals surface area contributed by atoms with Gasteiger partial charge in [-0.2, -0.15) is 5.10 Å². The maximum atomic E-state index is 11.6. The minimum Gasteiger partial charge on any atom is -0.394 e. The average molecular weight is 289 g/mol. The van der Waals surface area contributed by atoms with E-state index >= 15 is 0 Å². The topological polar surface area (TPSA) is 104 Å². The molecular formula is C13H15N5O3. The first kappa shape index (κ1) is 14.7. The van der Waals surface area contributed by atoms with Crippen LogP contribution in [-0.2, 0) is 7.05 Å². The molecule has 0 aliphatic carbocycles. The molecule has 2 heterocycles. The van der Waals surface area contributed by atoms with Gasteiger partial charge in [0, 0.05) is 19.3 Å². The van der Waals surface area contributed by atoms with E-state index in [1.165, 1.54) is 24.3 Å². The van der Waals surface area contributed by atoms with Crippen molar-refractivity contribution in [3.8, 4) is 0 Å². The van der Waals surface area contributed by atoms with Crippen LogP contribution in [0.3, 0.4) is 0 Å². The molecule has 0 amide bonds. The zero-order chi connectivity index (χ0) is 15.2. The van der Waals surface area contributed by atoms with Crippen LogP contribution in [0.25, 0.3) is 0 Å². The number of H-pyrrole nitrogens is 1. The predicted molar refractivity (Wildman–Crippen MR) is 78.6 cm³/mol. The molecule has 21 heavy (non-hydrogen) atoms. The van der Waals surface area contributed by atoms with Crippen LogP contribution in [0, 0.1) is 0 Å². The van der Waals surface area contributed by atoms with Crippen LogP contribution in [0.4, 0.5) is 5.82 Å². The molecule has 2 N–H and O–H groups in total. The minimum absolute atomic E-state index is 0.131. The average Bonchev–Trinajstić information content (AvgIpc) is 2.49. The van der Waals surface area contributed by atoms with Crippen LogP contribution in [0.2, 0.25) is 0 Å². The van der Waals surface area contributed by atoms with E-state index in [9.17, 15) is 9.59 Å². The third kappa shape index (κ3) is 3.63. The quantitative estimate of drug-likeness (QED) is 0.559. The summed E-state index contributed by atoms with van der Waals surface area (Å²) in [6.07, 6.45) is 3.10. The molecule has 0 unspecified atom stereocenters. The zero-order valence-corrected chi connectivity index (χ0v) is 11.4. The van der Waals surface area contributed by atoms with Gasteiger partial charge in [-0.1, -0.05) is 6.07 Å². The Morgan fingerprint density at radius 3 is 2.90 bits per heavy atom. The van der Waals surface area contributed by atoms with E-state index in [1.54, 1.807) is 18.3 Å². The normalized spacial score (nSPS) is 11.0. The third-order valence-corrected chi connectivity index (χ3v) is 2.74. The van der Waals surface area contributed by atoms with Gasteiger partial charge in [-0.3, -0.25) is 19.3 Å². The number of hydrazone groups is 1. The Kier molecular flexibility index (Phi) is 4.62. The first-order chi connectivity index (χ1) is 10.1. The number of aromatic amines is 1. The number of aliphatic hydroxyl groups is 1. The summed E-state index contributed by atoms with van der Waals surface area (Å²) in [5.41, 5.74) is -0.384. The summed E-state index contributed by atoms with van der Waals surface area (Å²) in [6.45, 7) is -0.0523. The largest absolute Gasteiger partial charge is 0.394 e. The SMILES string of the molecule is Cn1c(=O)cc(N(CCO)N=Cc2ccccn2)[nH]c1=O. The van der Waals surface area contributed by atoms with Crippen molar-refractivity contribution in [2.24, 2.45) is 12.1 Å². The first-order valence-corrected chi connectivity index (χ1v) is 6.25. The Morgan fingerprint density at radius 2 is 2.29 bits per heavy atom. The third-order valence-electron chi connectivity index (χ3n) is 2.74. The van der Waals surface area contributed by atoms with E-state index in [0.29, 0.717) is 5.69 Å². The fourth-order valence-corrected chi connectivity index (χ4v) is 1.60. The lowest BCUT2D eigenvalue weighted by Gasteiger charge is -2.17. The Hall–Kier alpha value is -2.74. The second-order valence-electron chi connectivity index (χ2n) is 4.20. The summed E-state index contributed by atoms with van der Waals surface area (Å²) in [5.74, 6) is 0.212. The second kappa shape index (κ2) is 6.62. The van der Waals surface area contributed by atoms with Crippen LogP contribution in [0.5, 0.6) is 0 Å². The molecule has 0 radical (unpaired) electrons. The Balaban J connectivity index is 2.33. The highest BCUT2D eigenvalue weighted by Crippen LogP contribution is 2.05. The number of hydrogen-bond donors (Lipinski definition) is 2. The lowest BCUT2D eigenvalue weighted by atomic mass is 10.4. The monoisotopic (exact) mass is 289 g/mol. The van der Waals surface area contributed by atoms with Gasteiger partial charge in [0.15, 0.2) is 0 Å². The zero-order valence-electron chi connectivity index (χ0n) is 11.4. The lowest BCUT2D eigenvalue weighted by molar-refractivity contribution is 0.302. The van der Waals surface area contributed by atoms with Crippen molar-refractivity contribution in [2.75, 3.05) is 18.2 Å². The van der Waals surface area contributed by atoms with E-state index in [4.69, 9.17) is 5.11 Å². The number of rotatable bonds is 5. The molecule has 0 saturated heterocycles. The summed E-state index contributed by atoms with van der Waals surface area (Å²) in [4.78, 5) is 29.8. The van der Waals surface area contributed by atoms with Gasteiger partial charge in [-0.05, 0) is 12.1 Å². The highest BCUT2D eigenvalue weighted by Gasteiger charge is 2.08. The lowest BCUT2D eigenvalue weighted by Crippen LogP contribution is -2.35. The molecule has 0 spiro atoms. The van der Waals surface area contributed by atoms with Gasteiger partial charge in [0.25, 0.3) is 5.56 Å². The Morgan fingerprint density at radius 1 is 1.48 bits per heavy atom. The minimum atomic E-state index is -0.548. The summed E-state index contributed by atoms with van der Waals surface area (Å²) < 4.78 is 0.948. The molecule has 0 atom stereocenters. The van der Waals surface area contributed by atoms with Crippen molar-refractivity contribution in [3.05, 3.63) is 57.0 Å². The van der Waals surface area contributed by atoms with Crippen LogP contribution in [0.15, 0.2) is 45.2 Å². The van der Waals surface area contributed by atoms with Crippen molar-refractivity contribution < 1.29 is 5.11 Å². The maximum absolute atomic E-state index is 11.6.